The fraction of sp³-hybridized carbons (Fsp3) is 0.278. The summed E-state index contributed by atoms with van der Waals surface area (Å²) in [6, 6.07) is 9.01. The second kappa shape index (κ2) is 8.92. The maximum Gasteiger partial charge on any atom is 2.00 e. The second-order valence-electron chi connectivity index (χ2n) is 6.02. The number of hydrogen-bond donors (Lipinski definition) is 3. The molecule has 1 aromatic carbocycles. The maximum atomic E-state index is 12.7. The molecule has 0 bridgehead atoms. The molecular weight excluding hydrogens is 592 g/mol. The van der Waals surface area contributed by atoms with Crippen molar-refractivity contribution in [2.24, 2.45) is 0 Å². The van der Waals surface area contributed by atoms with Gasteiger partial charge >= 0.3 is 36.8 Å². The van der Waals surface area contributed by atoms with Crippen molar-refractivity contribution in [3.8, 4) is 0 Å². The first-order chi connectivity index (χ1) is 12.8. The molecule has 0 saturated carbocycles. The van der Waals surface area contributed by atoms with Crippen molar-refractivity contribution in [3.05, 3.63) is 85.4 Å². The molecule has 3 N–H and O–H groups in total. The van der Waals surface area contributed by atoms with Crippen LogP contribution < -0.4 is 11.2 Å². The Kier molecular flexibility index (Phi) is 7.07. The standard InChI is InChI=1S/C18H17N3O6.U/c1-10-4-2-3-5-11(10)12(19)8-21-14(23)6-7-20(18(21)26)17-16(25)15(24)13(9-22)27-17;/h2-4,6-7,16-17,22,24-25H,8-9H2,1H3;/q-2;+2/t16?,17-;/m1./s1. The Morgan fingerprint density at radius 2 is 2.07 bits per heavy atom. The zero-order valence-electron chi connectivity index (χ0n) is 14.9. The average molecular weight is 609 g/mol. The summed E-state index contributed by atoms with van der Waals surface area (Å²) >= 11 is 0. The summed E-state index contributed by atoms with van der Waals surface area (Å²) in [4.78, 5) is 24.9. The van der Waals surface area contributed by atoms with Crippen LogP contribution >= 0.6 is 0 Å². The van der Waals surface area contributed by atoms with E-state index in [4.69, 9.17) is 9.84 Å². The van der Waals surface area contributed by atoms with Gasteiger partial charge in [-0.05, 0) is 6.54 Å². The van der Waals surface area contributed by atoms with Crippen molar-refractivity contribution in [2.75, 3.05) is 6.61 Å². The molecule has 1 aliphatic heterocycles. The largest absolute Gasteiger partial charge is 2.00 e. The van der Waals surface area contributed by atoms with Crippen molar-refractivity contribution in [3.63, 3.8) is 0 Å². The van der Waals surface area contributed by atoms with E-state index in [1.165, 1.54) is 0 Å². The predicted octanol–water partition coefficient (Wildman–Crippen LogP) is -0.171. The van der Waals surface area contributed by atoms with E-state index in [-0.39, 0.29) is 42.6 Å². The third-order valence-electron chi connectivity index (χ3n) is 4.27. The van der Waals surface area contributed by atoms with Crippen LogP contribution in [-0.4, -0.2) is 42.9 Å². The third kappa shape index (κ3) is 4.00. The van der Waals surface area contributed by atoms with Gasteiger partial charge in [0.25, 0.3) is 5.56 Å². The molecule has 28 heavy (non-hydrogen) atoms. The first-order valence-corrected chi connectivity index (χ1v) is 8.07. The first kappa shape index (κ1) is 22.2. The summed E-state index contributed by atoms with van der Waals surface area (Å²) in [5.74, 6) is -0.850. The van der Waals surface area contributed by atoms with Crippen LogP contribution in [0.5, 0.6) is 0 Å². The second-order valence-corrected chi connectivity index (χ2v) is 6.02. The molecule has 10 heteroatoms. The zero-order valence-corrected chi connectivity index (χ0v) is 19.0. The number of aliphatic hydroxyl groups is 3. The first-order valence-electron chi connectivity index (χ1n) is 8.07. The Hall–Kier alpha value is -2.12. The number of rotatable bonds is 5. The molecule has 0 fully saturated rings. The Labute approximate surface area is 183 Å². The summed E-state index contributed by atoms with van der Waals surface area (Å²) in [5, 5.41) is 39.3. The molecule has 2 atom stereocenters. The van der Waals surface area contributed by atoms with Gasteiger partial charge in [-0.25, -0.2) is 10.5 Å². The third-order valence-corrected chi connectivity index (χ3v) is 4.27. The van der Waals surface area contributed by atoms with Crippen molar-refractivity contribution in [1.82, 2.24) is 9.13 Å². The van der Waals surface area contributed by atoms with Crippen molar-refractivity contribution < 1.29 is 51.2 Å². The smallest absolute Gasteiger partial charge is 0.857 e. The van der Waals surface area contributed by atoms with E-state index >= 15 is 0 Å². The summed E-state index contributed by atoms with van der Waals surface area (Å²) in [6.45, 7) is 0.683. The predicted molar refractivity (Wildman–Crippen MR) is 95.3 cm³/mol. The topological polar surface area (TPSA) is 136 Å². The van der Waals surface area contributed by atoms with Crippen LogP contribution in [0.15, 0.2) is 51.6 Å². The van der Waals surface area contributed by atoms with Gasteiger partial charge in [-0.1, -0.05) is 6.92 Å². The van der Waals surface area contributed by atoms with Crippen LogP contribution in [0.25, 0.3) is 5.41 Å². The molecule has 0 aliphatic carbocycles. The molecule has 0 saturated heterocycles. The molecule has 2 heterocycles. The van der Waals surface area contributed by atoms with E-state index in [1.54, 1.807) is 25.1 Å². The van der Waals surface area contributed by atoms with Gasteiger partial charge < -0.3 is 25.5 Å². The number of hydrogen-bond acceptors (Lipinski definition) is 6. The Morgan fingerprint density at radius 3 is 2.68 bits per heavy atom. The monoisotopic (exact) mass is 609 g/mol. The average Bonchev–Trinajstić information content (AvgIpc) is 2.93. The van der Waals surface area contributed by atoms with E-state index in [9.17, 15) is 25.2 Å². The van der Waals surface area contributed by atoms with Gasteiger partial charge in [0.2, 0.25) is 6.23 Å². The van der Waals surface area contributed by atoms with Gasteiger partial charge in [0.05, 0.1) is 0 Å². The van der Waals surface area contributed by atoms with Gasteiger partial charge in [-0.15, -0.1) is 29.8 Å². The van der Waals surface area contributed by atoms with E-state index < -0.39 is 42.5 Å². The summed E-state index contributed by atoms with van der Waals surface area (Å²) in [7, 11) is 0. The minimum atomic E-state index is -1.59. The molecule has 1 aromatic heterocycles. The van der Waals surface area contributed by atoms with Gasteiger partial charge in [0.1, 0.15) is 6.61 Å². The van der Waals surface area contributed by atoms with E-state index in [1.807, 2.05) is 0 Å². The van der Waals surface area contributed by atoms with Crippen molar-refractivity contribution >= 4 is 5.71 Å². The minimum absolute atomic E-state index is 0. The molecule has 1 aliphatic rings. The van der Waals surface area contributed by atoms with Gasteiger partial charge in [0.15, 0.2) is 17.6 Å². The van der Waals surface area contributed by atoms with Crippen LogP contribution in [0.4, 0.5) is 0 Å². The van der Waals surface area contributed by atoms with Crippen molar-refractivity contribution in [2.45, 2.75) is 25.8 Å². The molecule has 144 valence electrons. The van der Waals surface area contributed by atoms with Gasteiger partial charge in [-0.3, -0.25) is 13.9 Å². The summed E-state index contributed by atoms with van der Waals surface area (Å²) in [6.07, 6.45) is -1.82. The number of aryl methyl sites for hydroxylation is 1. The van der Waals surface area contributed by atoms with E-state index in [2.05, 4.69) is 6.07 Å². The van der Waals surface area contributed by atoms with Crippen LogP contribution in [0, 0.1) is 44.1 Å². The van der Waals surface area contributed by atoms with Crippen LogP contribution in [0.3, 0.4) is 0 Å². The normalized spacial score (nSPS) is 18.5. The SMILES string of the molecule is Cc1ccc[c-]c1C(=[N-])Cn1c(=O)ccn([C@@H]2OC(CO)=C(O)C2O)c1=O.[U+2]. The molecule has 0 radical (unpaired) electrons. The molecule has 1 unspecified atom stereocenters. The summed E-state index contributed by atoms with van der Waals surface area (Å²) in [5.41, 5.74) is -0.661. The number of aliphatic hydroxyl groups excluding tert-OH is 3. The molecule has 2 aromatic rings. The minimum Gasteiger partial charge on any atom is -0.857 e. The van der Waals surface area contributed by atoms with Crippen LogP contribution in [0.1, 0.15) is 17.4 Å². The van der Waals surface area contributed by atoms with Gasteiger partial charge in [0, 0.05) is 12.3 Å². The van der Waals surface area contributed by atoms with Crippen molar-refractivity contribution in [1.29, 1.82) is 0 Å². The van der Waals surface area contributed by atoms with Crippen LogP contribution in [-0.2, 0) is 11.3 Å². The van der Waals surface area contributed by atoms with Gasteiger partial charge in [-0.2, -0.15) is 5.56 Å². The maximum absolute atomic E-state index is 12.7. The Morgan fingerprint density at radius 1 is 1.36 bits per heavy atom. The van der Waals surface area contributed by atoms with Crippen LogP contribution in [0.2, 0.25) is 0 Å². The summed E-state index contributed by atoms with van der Waals surface area (Å²) < 4.78 is 6.87. The molecular formula is C18H17N3O6U. The van der Waals surface area contributed by atoms with E-state index in [0.717, 1.165) is 27.0 Å². The Balaban J connectivity index is 0.00000280. The zero-order chi connectivity index (χ0) is 19.7. The molecule has 9 nitrogen and oxygen atoms in total. The Bertz CT molecular complexity index is 1040. The van der Waals surface area contributed by atoms with E-state index in [0.29, 0.717) is 5.56 Å². The fourth-order valence-electron chi connectivity index (χ4n) is 2.83. The number of nitrogens with zero attached hydrogens (tertiary/aromatic N) is 3. The molecule has 0 spiro atoms. The molecule has 3 rings (SSSR count). The molecule has 0 amide bonds. The number of ether oxygens (including phenoxy) is 1. The quantitative estimate of drug-likeness (QED) is 0.318. The fourth-order valence-corrected chi connectivity index (χ4v) is 2.83. The number of aromatic nitrogens is 2. The number of benzene rings is 1.